The summed E-state index contributed by atoms with van der Waals surface area (Å²) in [6, 6.07) is 5.05. The van der Waals surface area contributed by atoms with Crippen LogP contribution in [-0.2, 0) is 9.59 Å². The van der Waals surface area contributed by atoms with Gasteiger partial charge in [-0.25, -0.2) is 14.0 Å². The Labute approximate surface area is 162 Å². The van der Waals surface area contributed by atoms with E-state index in [1.807, 2.05) is 6.07 Å². The van der Waals surface area contributed by atoms with E-state index in [-0.39, 0.29) is 10.8 Å². The molecule has 0 atom stereocenters. The van der Waals surface area contributed by atoms with Crippen molar-refractivity contribution in [1.29, 1.82) is 0 Å². The molecule has 1 aromatic carbocycles. The molecule has 3 rings (SSSR count). The maximum atomic E-state index is 13.2. The lowest BCUT2D eigenvalue weighted by molar-refractivity contribution is -0.134. The Kier molecular flexibility index (Phi) is 7.62. The van der Waals surface area contributed by atoms with Crippen LogP contribution in [0.5, 0.6) is 0 Å². The van der Waals surface area contributed by atoms with E-state index in [4.69, 9.17) is 21.8 Å². The van der Waals surface area contributed by atoms with Gasteiger partial charge in [-0.1, -0.05) is 11.6 Å². The maximum Gasteiger partial charge on any atom is 0.328 e. The fourth-order valence-electron chi connectivity index (χ4n) is 3.52. The molecular weight excluding hydrogens is 375 g/mol. The van der Waals surface area contributed by atoms with Gasteiger partial charge in [-0.15, -0.1) is 0 Å². The van der Waals surface area contributed by atoms with Crippen LogP contribution in [0.15, 0.2) is 30.4 Å². The van der Waals surface area contributed by atoms with Crippen LogP contribution in [0.2, 0.25) is 5.02 Å². The number of hydrogen-bond donors (Lipinski definition) is 3. The fraction of sp³-hybridized carbons (Fsp3) is 0.474. The van der Waals surface area contributed by atoms with E-state index in [0.29, 0.717) is 17.6 Å². The van der Waals surface area contributed by atoms with Crippen molar-refractivity contribution >= 4 is 29.2 Å². The zero-order valence-corrected chi connectivity index (χ0v) is 15.7. The van der Waals surface area contributed by atoms with Gasteiger partial charge < -0.3 is 20.4 Å². The molecule has 0 bridgehead atoms. The Hall–Kier alpha value is -2.12. The van der Waals surface area contributed by atoms with Gasteiger partial charge >= 0.3 is 11.9 Å². The smallest absolute Gasteiger partial charge is 0.328 e. The van der Waals surface area contributed by atoms with Gasteiger partial charge in [0.05, 0.1) is 5.02 Å². The van der Waals surface area contributed by atoms with Crippen molar-refractivity contribution in [3.05, 3.63) is 41.2 Å². The first-order valence-corrected chi connectivity index (χ1v) is 9.24. The molecule has 2 fully saturated rings. The molecule has 1 spiro atoms. The molecule has 2 heterocycles. The zero-order chi connectivity index (χ0) is 19.9. The molecule has 148 valence electrons. The van der Waals surface area contributed by atoms with Crippen LogP contribution in [0.1, 0.15) is 25.7 Å². The molecule has 1 aromatic rings. The average Bonchev–Trinajstić information content (AvgIpc) is 2.64. The van der Waals surface area contributed by atoms with E-state index in [2.05, 4.69) is 10.2 Å². The van der Waals surface area contributed by atoms with Gasteiger partial charge in [0.25, 0.3) is 0 Å². The fourth-order valence-corrected chi connectivity index (χ4v) is 3.70. The number of carboxylic acids is 2. The standard InChI is InChI=1S/C15H20ClFN2.C4H4O4/c16-13-11-12(1-2-14(13)17)19-9-5-15(6-10-19)3-7-18-8-4-15;5-3(6)1-2-4(7)8/h1-2,11,18H,3-10H2;1-2H,(H,5,6)(H,7,8)/b;2-1+. The van der Waals surface area contributed by atoms with Crippen molar-refractivity contribution in [2.24, 2.45) is 5.41 Å². The van der Waals surface area contributed by atoms with Crippen LogP contribution in [-0.4, -0.2) is 48.3 Å². The SMILES string of the molecule is Fc1ccc(N2CCC3(CCNCC3)CC2)cc1Cl.O=C(O)/C=C/C(=O)O. The number of anilines is 1. The minimum absolute atomic E-state index is 0.222. The molecule has 0 aliphatic carbocycles. The molecule has 2 aliphatic rings. The van der Waals surface area contributed by atoms with E-state index >= 15 is 0 Å². The Bertz CT molecular complexity index is 679. The van der Waals surface area contributed by atoms with Gasteiger partial charge in [0.1, 0.15) is 5.82 Å². The molecule has 0 amide bonds. The van der Waals surface area contributed by atoms with Crippen molar-refractivity contribution in [2.45, 2.75) is 25.7 Å². The number of hydrogen-bond acceptors (Lipinski definition) is 4. The summed E-state index contributed by atoms with van der Waals surface area (Å²) >= 11 is 5.87. The molecule has 2 saturated heterocycles. The third-order valence-electron chi connectivity index (χ3n) is 5.13. The highest BCUT2D eigenvalue weighted by Crippen LogP contribution is 2.40. The van der Waals surface area contributed by atoms with Gasteiger partial charge in [0.2, 0.25) is 0 Å². The summed E-state index contributed by atoms with van der Waals surface area (Å²) in [7, 11) is 0. The number of nitrogens with zero attached hydrogens (tertiary/aromatic N) is 1. The third kappa shape index (κ3) is 6.52. The van der Waals surface area contributed by atoms with E-state index in [1.165, 1.54) is 31.7 Å². The molecule has 0 unspecified atom stereocenters. The molecular formula is C19H24ClFN2O4. The molecule has 0 aromatic heterocycles. The van der Waals surface area contributed by atoms with E-state index in [9.17, 15) is 14.0 Å². The van der Waals surface area contributed by atoms with Crippen molar-refractivity contribution in [2.75, 3.05) is 31.1 Å². The minimum Gasteiger partial charge on any atom is -0.478 e. The zero-order valence-electron chi connectivity index (χ0n) is 15.0. The number of nitrogens with one attached hydrogen (secondary N) is 1. The highest BCUT2D eigenvalue weighted by molar-refractivity contribution is 6.31. The van der Waals surface area contributed by atoms with Gasteiger partial charge in [0, 0.05) is 30.9 Å². The topological polar surface area (TPSA) is 89.9 Å². The Morgan fingerprint density at radius 2 is 1.63 bits per heavy atom. The second-order valence-electron chi connectivity index (χ2n) is 6.85. The number of carboxylic acid groups (broad SMARTS) is 2. The Morgan fingerprint density at radius 1 is 1.07 bits per heavy atom. The molecule has 6 nitrogen and oxygen atoms in total. The molecule has 8 heteroatoms. The first-order valence-electron chi connectivity index (χ1n) is 8.86. The number of benzene rings is 1. The van der Waals surface area contributed by atoms with Crippen LogP contribution in [0.3, 0.4) is 0 Å². The molecule has 27 heavy (non-hydrogen) atoms. The number of carbonyl (C=O) groups is 2. The molecule has 2 aliphatic heterocycles. The average molecular weight is 399 g/mol. The van der Waals surface area contributed by atoms with Gasteiger partial charge in [0.15, 0.2) is 0 Å². The van der Waals surface area contributed by atoms with Crippen LogP contribution < -0.4 is 10.2 Å². The number of aliphatic carboxylic acids is 2. The Morgan fingerprint density at radius 3 is 2.11 bits per heavy atom. The summed E-state index contributed by atoms with van der Waals surface area (Å²) < 4.78 is 13.2. The van der Waals surface area contributed by atoms with Crippen LogP contribution >= 0.6 is 11.6 Å². The second kappa shape index (κ2) is 9.71. The van der Waals surface area contributed by atoms with Crippen LogP contribution in [0.4, 0.5) is 10.1 Å². The normalized spacial score (nSPS) is 18.8. The predicted octanol–water partition coefficient (Wildman–Crippen LogP) is 3.16. The Balaban J connectivity index is 0.000000279. The summed E-state index contributed by atoms with van der Waals surface area (Å²) in [5, 5.41) is 19.3. The monoisotopic (exact) mass is 398 g/mol. The van der Waals surface area contributed by atoms with E-state index in [0.717, 1.165) is 31.9 Å². The summed E-state index contributed by atoms with van der Waals surface area (Å²) in [5.74, 6) is -2.85. The van der Waals surface area contributed by atoms with Crippen molar-refractivity contribution in [3.8, 4) is 0 Å². The van der Waals surface area contributed by atoms with Gasteiger partial charge in [-0.2, -0.15) is 0 Å². The predicted molar refractivity (Wildman–Crippen MR) is 102 cm³/mol. The highest BCUT2D eigenvalue weighted by atomic mass is 35.5. The lowest BCUT2D eigenvalue weighted by Crippen LogP contribution is -2.45. The molecule has 0 saturated carbocycles. The second-order valence-corrected chi connectivity index (χ2v) is 7.25. The van der Waals surface area contributed by atoms with Crippen LogP contribution in [0.25, 0.3) is 0 Å². The summed E-state index contributed by atoms with van der Waals surface area (Å²) in [5.41, 5.74) is 1.60. The lowest BCUT2D eigenvalue weighted by atomic mass is 9.71. The number of halogens is 2. The van der Waals surface area contributed by atoms with Crippen molar-refractivity contribution in [1.82, 2.24) is 5.32 Å². The van der Waals surface area contributed by atoms with E-state index < -0.39 is 11.9 Å². The van der Waals surface area contributed by atoms with Crippen LogP contribution in [0, 0.1) is 11.2 Å². The van der Waals surface area contributed by atoms with Crippen molar-refractivity contribution in [3.63, 3.8) is 0 Å². The van der Waals surface area contributed by atoms with Gasteiger partial charge in [-0.05, 0) is 62.4 Å². The summed E-state index contributed by atoms with van der Waals surface area (Å²) in [6.07, 6.45) is 6.19. The summed E-state index contributed by atoms with van der Waals surface area (Å²) in [6.45, 7) is 4.43. The van der Waals surface area contributed by atoms with Crippen molar-refractivity contribution < 1.29 is 24.2 Å². The quantitative estimate of drug-likeness (QED) is 0.677. The first-order chi connectivity index (χ1) is 12.8. The third-order valence-corrected chi connectivity index (χ3v) is 5.41. The number of rotatable bonds is 3. The maximum absolute atomic E-state index is 13.2. The largest absolute Gasteiger partial charge is 0.478 e. The highest BCUT2D eigenvalue weighted by Gasteiger charge is 2.35. The molecule has 0 radical (unpaired) electrons. The minimum atomic E-state index is -1.26. The summed E-state index contributed by atoms with van der Waals surface area (Å²) in [4.78, 5) is 21.4. The van der Waals surface area contributed by atoms with Gasteiger partial charge in [-0.3, -0.25) is 0 Å². The van der Waals surface area contributed by atoms with E-state index in [1.54, 1.807) is 6.07 Å². The molecule has 3 N–H and O–H groups in total. The lowest BCUT2D eigenvalue weighted by Gasteiger charge is -2.45. The first kappa shape index (κ1) is 21.2. The number of piperidine rings is 2.